The lowest BCUT2D eigenvalue weighted by molar-refractivity contribution is -0.384. The van der Waals surface area contributed by atoms with Crippen molar-refractivity contribution in [2.24, 2.45) is 0 Å². The van der Waals surface area contributed by atoms with Gasteiger partial charge in [-0.1, -0.05) is 23.4 Å². The normalized spacial score (nSPS) is 10.6. The predicted molar refractivity (Wildman–Crippen MR) is 97.9 cm³/mol. The van der Waals surface area contributed by atoms with E-state index in [0.717, 1.165) is 5.56 Å². The summed E-state index contributed by atoms with van der Waals surface area (Å²) in [5.41, 5.74) is 2.53. The van der Waals surface area contributed by atoms with Crippen LogP contribution in [0.1, 0.15) is 21.7 Å². The second kappa shape index (κ2) is 7.75. The lowest BCUT2D eigenvalue weighted by Gasteiger charge is -2.07. The Morgan fingerprint density at radius 1 is 1.26 bits per heavy atom. The van der Waals surface area contributed by atoms with Crippen LogP contribution in [0.2, 0.25) is 0 Å². The van der Waals surface area contributed by atoms with E-state index in [1.54, 1.807) is 32.2 Å². The third kappa shape index (κ3) is 3.98. The zero-order chi connectivity index (χ0) is 19.4. The van der Waals surface area contributed by atoms with E-state index in [1.165, 1.54) is 16.8 Å². The largest absolute Gasteiger partial charge is 0.380 e. The Morgan fingerprint density at radius 2 is 2.04 bits per heavy atom. The minimum Gasteiger partial charge on any atom is -0.380 e. The van der Waals surface area contributed by atoms with Crippen molar-refractivity contribution in [3.05, 3.63) is 75.6 Å². The lowest BCUT2D eigenvalue weighted by Crippen LogP contribution is -2.14. The quantitative estimate of drug-likeness (QED) is 0.529. The molecular weight excluding hydrogens is 350 g/mol. The first-order valence-electron chi connectivity index (χ1n) is 8.06. The van der Waals surface area contributed by atoms with Crippen molar-refractivity contribution < 1.29 is 14.5 Å². The van der Waals surface area contributed by atoms with Crippen molar-refractivity contribution in [3.8, 4) is 5.69 Å². The van der Waals surface area contributed by atoms with Crippen LogP contribution in [0.15, 0.2) is 48.5 Å². The van der Waals surface area contributed by atoms with Crippen molar-refractivity contribution in [2.75, 3.05) is 12.4 Å². The molecule has 27 heavy (non-hydrogen) atoms. The van der Waals surface area contributed by atoms with Gasteiger partial charge in [-0.25, -0.2) is 4.68 Å². The smallest absolute Gasteiger partial charge is 0.278 e. The van der Waals surface area contributed by atoms with E-state index >= 15 is 0 Å². The summed E-state index contributed by atoms with van der Waals surface area (Å²) in [7, 11) is 1.60. The third-order valence-electron chi connectivity index (χ3n) is 3.89. The van der Waals surface area contributed by atoms with E-state index < -0.39 is 10.8 Å². The number of benzene rings is 2. The molecule has 138 valence electrons. The average molecular weight is 367 g/mol. The third-order valence-corrected chi connectivity index (χ3v) is 3.89. The molecule has 0 radical (unpaired) electrons. The maximum Gasteiger partial charge on any atom is 0.278 e. The van der Waals surface area contributed by atoms with Gasteiger partial charge in [-0.2, -0.15) is 0 Å². The summed E-state index contributed by atoms with van der Waals surface area (Å²) < 4.78 is 6.48. The highest BCUT2D eigenvalue weighted by Gasteiger charge is 2.18. The second-order valence-electron chi connectivity index (χ2n) is 5.80. The van der Waals surface area contributed by atoms with Gasteiger partial charge in [0.05, 0.1) is 22.9 Å². The molecule has 2 aromatic carbocycles. The predicted octanol–water partition coefficient (Wildman–Crippen LogP) is 2.88. The van der Waals surface area contributed by atoms with Crippen LogP contribution in [0.3, 0.4) is 0 Å². The number of carbonyl (C=O) groups excluding carboxylic acids is 1. The number of amides is 1. The Labute approximate surface area is 154 Å². The number of nitrogens with zero attached hydrogens (tertiary/aromatic N) is 4. The molecule has 0 aliphatic carbocycles. The van der Waals surface area contributed by atoms with Gasteiger partial charge < -0.3 is 10.1 Å². The summed E-state index contributed by atoms with van der Waals surface area (Å²) in [6.45, 7) is 2.11. The van der Waals surface area contributed by atoms with E-state index in [1.807, 2.05) is 18.2 Å². The molecule has 9 nitrogen and oxygen atoms in total. The van der Waals surface area contributed by atoms with Crippen LogP contribution in [-0.4, -0.2) is 32.9 Å². The summed E-state index contributed by atoms with van der Waals surface area (Å²) in [6.07, 6.45) is 0. The Balaban J connectivity index is 1.84. The van der Waals surface area contributed by atoms with Gasteiger partial charge >= 0.3 is 0 Å². The van der Waals surface area contributed by atoms with Crippen molar-refractivity contribution in [1.29, 1.82) is 0 Å². The molecule has 1 aromatic heterocycles. The molecule has 3 rings (SSSR count). The molecule has 0 atom stereocenters. The van der Waals surface area contributed by atoms with Gasteiger partial charge in [-0.3, -0.25) is 14.9 Å². The van der Waals surface area contributed by atoms with E-state index in [0.29, 0.717) is 23.7 Å². The number of ether oxygens (including phenoxy) is 1. The second-order valence-corrected chi connectivity index (χ2v) is 5.80. The Bertz CT molecular complexity index is 999. The topological polar surface area (TPSA) is 112 Å². The minimum absolute atomic E-state index is 0.0663. The first-order valence-corrected chi connectivity index (χ1v) is 8.06. The highest BCUT2D eigenvalue weighted by atomic mass is 16.6. The van der Waals surface area contributed by atoms with Crippen molar-refractivity contribution in [2.45, 2.75) is 13.5 Å². The summed E-state index contributed by atoms with van der Waals surface area (Å²) in [6, 6.07) is 13.2. The van der Waals surface area contributed by atoms with Crippen LogP contribution in [-0.2, 0) is 11.3 Å². The Morgan fingerprint density at radius 3 is 2.78 bits per heavy atom. The van der Waals surface area contributed by atoms with E-state index in [4.69, 9.17) is 4.74 Å². The zero-order valence-electron chi connectivity index (χ0n) is 14.7. The number of methoxy groups -OCH3 is 1. The summed E-state index contributed by atoms with van der Waals surface area (Å²) in [5, 5.41) is 21.6. The molecule has 0 unspecified atom stereocenters. The highest BCUT2D eigenvalue weighted by molar-refractivity contribution is 6.03. The fraction of sp³-hybridized carbons (Fsp3) is 0.167. The maximum absolute atomic E-state index is 12.6. The van der Waals surface area contributed by atoms with Gasteiger partial charge in [-0.05, 0) is 30.7 Å². The molecule has 9 heteroatoms. The van der Waals surface area contributed by atoms with Gasteiger partial charge in [0.15, 0.2) is 5.69 Å². The van der Waals surface area contributed by atoms with Gasteiger partial charge in [0, 0.05) is 24.9 Å². The molecule has 0 aliphatic heterocycles. The fourth-order valence-electron chi connectivity index (χ4n) is 2.62. The number of nitro groups is 1. The zero-order valence-corrected chi connectivity index (χ0v) is 14.7. The fourth-order valence-corrected chi connectivity index (χ4v) is 2.62. The van der Waals surface area contributed by atoms with Crippen molar-refractivity contribution in [3.63, 3.8) is 0 Å². The number of rotatable bonds is 6. The first kappa shape index (κ1) is 18.2. The van der Waals surface area contributed by atoms with E-state index in [-0.39, 0.29) is 11.4 Å². The highest BCUT2D eigenvalue weighted by Crippen LogP contribution is 2.19. The number of aromatic nitrogens is 3. The van der Waals surface area contributed by atoms with Gasteiger partial charge in [0.2, 0.25) is 0 Å². The molecule has 0 aliphatic rings. The average Bonchev–Trinajstić information content (AvgIpc) is 3.04. The monoisotopic (exact) mass is 367 g/mol. The standard InChI is InChI=1S/C18H17N5O4/c1-12-17(18(24)19-14-6-3-5-13(9-14)11-27-2)20-21-22(12)15-7-4-8-16(10-15)23(25)26/h3-10H,11H2,1-2H3,(H,19,24). The number of nitrogens with one attached hydrogen (secondary N) is 1. The molecule has 0 spiro atoms. The molecule has 1 N–H and O–H groups in total. The maximum atomic E-state index is 12.6. The Hall–Kier alpha value is -3.59. The van der Waals surface area contributed by atoms with Crippen molar-refractivity contribution in [1.82, 2.24) is 15.0 Å². The first-order chi connectivity index (χ1) is 13.0. The van der Waals surface area contributed by atoms with Gasteiger partial charge in [0.1, 0.15) is 0 Å². The van der Waals surface area contributed by atoms with E-state index in [9.17, 15) is 14.9 Å². The summed E-state index contributed by atoms with van der Waals surface area (Å²) >= 11 is 0. The van der Waals surface area contributed by atoms with Gasteiger partial charge in [0.25, 0.3) is 11.6 Å². The molecule has 3 aromatic rings. The van der Waals surface area contributed by atoms with Crippen LogP contribution in [0.25, 0.3) is 5.69 Å². The Kier molecular flexibility index (Phi) is 5.23. The number of carbonyl (C=O) groups is 1. The molecule has 1 amide bonds. The molecule has 0 bridgehead atoms. The van der Waals surface area contributed by atoms with Crippen LogP contribution in [0, 0.1) is 17.0 Å². The molecule has 1 heterocycles. The van der Waals surface area contributed by atoms with Crippen LogP contribution >= 0.6 is 0 Å². The summed E-state index contributed by atoms with van der Waals surface area (Å²) in [5.74, 6) is -0.418. The number of anilines is 1. The molecule has 0 fully saturated rings. The van der Waals surface area contributed by atoms with Gasteiger partial charge in [-0.15, -0.1) is 5.10 Å². The van der Waals surface area contributed by atoms with Crippen LogP contribution in [0.5, 0.6) is 0 Å². The van der Waals surface area contributed by atoms with E-state index in [2.05, 4.69) is 15.6 Å². The molecule has 0 saturated carbocycles. The number of nitro benzene ring substituents is 1. The number of hydrogen-bond donors (Lipinski definition) is 1. The minimum atomic E-state index is -0.490. The summed E-state index contributed by atoms with van der Waals surface area (Å²) in [4.78, 5) is 23.0. The molecular formula is C18H17N5O4. The number of hydrogen-bond acceptors (Lipinski definition) is 6. The lowest BCUT2D eigenvalue weighted by atomic mass is 10.2. The van der Waals surface area contributed by atoms with Crippen molar-refractivity contribution >= 4 is 17.3 Å². The number of non-ortho nitro benzene ring substituents is 1. The molecule has 0 saturated heterocycles. The SMILES string of the molecule is COCc1cccc(NC(=O)c2nnn(-c3cccc([N+](=O)[O-])c3)c2C)c1. The van der Waals surface area contributed by atoms with Crippen LogP contribution < -0.4 is 5.32 Å². The van der Waals surface area contributed by atoms with Crippen LogP contribution in [0.4, 0.5) is 11.4 Å².